The molecule has 0 bridgehead atoms. The van der Waals surface area contributed by atoms with Gasteiger partial charge in [0.1, 0.15) is 0 Å². The predicted octanol–water partition coefficient (Wildman–Crippen LogP) is 14.4. The third-order valence-corrected chi connectivity index (χ3v) is 9.08. The van der Waals surface area contributed by atoms with Gasteiger partial charge in [-0.3, -0.25) is 6.08 Å². The number of halogens is 4. The maximum atomic E-state index is 5.94. The van der Waals surface area contributed by atoms with E-state index in [1.165, 1.54) is 57.6 Å². The van der Waals surface area contributed by atoms with Gasteiger partial charge in [0.25, 0.3) is 0 Å². The van der Waals surface area contributed by atoms with Gasteiger partial charge in [-0.2, -0.15) is 35.4 Å². The molecule has 2 aliphatic rings. The topological polar surface area (TPSA) is 0 Å². The van der Waals surface area contributed by atoms with Crippen molar-refractivity contribution >= 4 is 73.8 Å². The van der Waals surface area contributed by atoms with Crippen LogP contribution in [0.5, 0.6) is 0 Å². The number of hydrogen-bond donors (Lipinski definition) is 0. The third kappa shape index (κ3) is 12.4. The zero-order chi connectivity index (χ0) is 36.3. The quantitative estimate of drug-likeness (QED) is 0.133. The molecule has 0 spiro atoms. The molecule has 0 nitrogen and oxygen atoms in total. The summed E-state index contributed by atoms with van der Waals surface area (Å²) in [5.74, 6) is 0. The fraction of sp³-hybridized carbons (Fsp3) is 0.213. The Morgan fingerprint density at radius 3 is 1.60 bits per heavy atom. The van der Waals surface area contributed by atoms with Crippen LogP contribution in [0.25, 0.3) is 32.7 Å². The average Bonchev–Trinajstić information content (AvgIpc) is 3.81. The molecular formula is C47H46Cl4Zr-4. The van der Waals surface area contributed by atoms with Crippen LogP contribution < -0.4 is 0 Å². The number of hydrogen-bond acceptors (Lipinski definition) is 0. The summed E-state index contributed by atoms with van der Waals surface area (Å²) >= 11 is 13.2. The Balaban J connectivity index is 0.000000257. The zero-order valence-corrected chi connectivity index (χ0v) is 36.3. The molecule has 6 aromatic rings. The summed E-state index contributed by atoms with van der Waals surface area (Å²) in [5.41, 5.74) is 8.76. The van der Waals surface area contributed by atoms with Crippen LogP contribution in [-0.4, -0.2) is 4.21 Å². The van der Waals surface area contributed by atoms with Crippen molar-refractivity contribution in [1.29, 1.82) is 0 Å². The van der Waals surface area contributed by atoms with E-state index in [0.29, 0.717) is 0 Å². The van der Waals surface area contributed by atoms with E-state index in [9.17, 15) is 0 Å². The molecule has 0 fully saturated rings. The van der Waals surface area contributed by atoms with Crippen LogP contribution in [0.1, 0.15) is 70.2 Å². The fourth-order valence-electron chi connectivity index (χ4n) is 5.55. The van der Waals surface area contributed by atoms with Crippen LogP contribution in [0, 0.1) is 24.3 Å². The molecule has 52 heavy (non-hydrogen) atoms. The molecule has 0 saturated heterocycles. The van der Waals surface area contributed by atoms with E-state index in [2.05, 4.69) is 106 Å². The number of rotatable bonds is 0. The second-order valence-corrected chi connectivity index (χ2v) is 14.9. The normalized spacial score (nSPS) is 11.8. The SMILES string of the molecule is CC(C)(C)c1c[c-]c2c(c1)-c1cc(C(C)(C)C)ccc1C2.Cl.Cl.Clc1cc[c-]c2ccccc12.Clc1cc[c-]c2ccccc12.[C-]1=CC=CC1.[CH2]=[Zr]. The van der Waals surface area contributed by atoms with Crippen molar-refractivity contribution < 1.29 is 24.2 Å². The summed E-state index contributed by atoms with van der Waals surface area (Å²) in [6.45, 7) is 13.6. The van der Waals surface area contributed by atoms with Crippen molar-refractivity contribution in [1.82, 2.24) is 0 Å². The molecule has 0 saturated carbocycles. The minimum atomic E-state index is 0. The second-order valence-electron chi connectivity index (χ2n) is 14.1. The molecule has 8 rings (SSSR count). The molecular weight excluding hydrogens is 798 g/mol. The summed E-state index contributed by atoms with van der Waals surface area (Å²) in [6.07, 6.45) is 11.0. The molecule has 0 N–H and O–H groups in total. The van der Waals surface area contributed by atoms with Crippen LogP contribution in [0.3, 0.4) is 0 Å². The molecule has 0 aliphatic heterocycles. The van der Waals surface area contributed by atoms with Crippen molar-refractivity contribution in [3.63, 3.8) is 0 Å². The van der Waals surface area contributed by atoms with Gasteiger partial charge in [-0.25, -0.2) is 12.2 Å². The van der Waals surface area contributed by atoms with Gasteiger partial charge in [-0.1, -0.05) is 111 Å². The van der Waals surface area contributed by atoms with Gasteiger partial charge in [0.05, 0.1) is 0 Å². The van der Waals surface area contributed by atoms with Gasteiger partial charge in [0.15, 0.2) is 0 Å². The van der Waals surface area contributed by atoms with E-state index < -0.39 is 0 Å². The Hall–Kier alpha value is -2.77. The van der Waals surface area contributed by atoms with Crippen LogP contribution in [0.2, 0.25) is 10.0 Å². The maximum absolute atomic E-state index is 5.94. The Morgan fingerprint density at radius 2 is 1.15 bits per heavy atom. The van der Waals surface area contributed by atoms with E-state index in [1.807, 2.05) is 84.9 Å². The van der Waals surface area contributed by atoms with Crippen LogP contribution in [0.4, 0.5) is 0 Å². The predicted molar refractivity (Wildman–Crippen MR) is 230 cm³/mol. The first-order chi connectivity index (χ1) is 23.9. The monoisotopic (exact) mass is 840 g/mol. The Kier molecular flexibility index (Phi) is 18.5. The van der Waals surface area contributed by atoms with Gasteiger partial charge in [0, 0.05) is 0 Å². The van der Waals surface area contributed by atoms with E-state index in [0.717, 1.165) is 44.4 Å². The van der Waals surface area contributed by atoms with Crippen LogP contribution in [0.15, 0.2) is 121 Å². The first kappa shape index (κ1) is 45.4. The summed E-state index contributed by atoms with van der Waals surface area (Å²) in [7, 11) is 0. The molecule has 0 aromatic heterocycles. The van der Waals surface area contributed by atoms with E-state index in [4.69, 9.17) is 23.2 Å². The average molecular weight is 844 g/mol. The minimum absolute atomic E-state index is 0. The van der Waals surface area contributed by atoms with Gasteiger partial charge in [0.2, 0.25) is 0 Å². The first-order valence-corrected chi connectivity index (χ1v) is 19.3. The fourth-order valence-corrected chi connectivity index (χ4v) is 6.00. The van der Waals surface area contributed by atoms with Crippen molar-refractivity contribution in [2.45, 2.75) is 65.2 Å². The molecule has 0 amide bonds. The molecule has 0 unspecified atom stereocenters. The standard InChI is InChI=1S/C21H25.2C10H6Cl.C5H5.CH2.2ClH.Zr/c1-20(2,3)16-9-7-14-11-15-8-10-17(21(4,5)6)13-19(15)18(14)12-16;2*11-10-7-3-5-8-4-1-2-6-9(8)10;1-2-4-5-3-1;;;;/h7,9-10,12-13H,11H2,1-6H3;2*1-4,6-7H;1-3H,4H2;1H2;2*1H;/q4*-1;;;;. The van der Waals surface area contributed by atoms with Gasteiger partial charge in [-0.05, 0) is 27.4 Å². The Bertz CT molecular complexity index is 1940. The van der Waals surface area contributed by atoms with Crippen LogP contribution >= 0.6 is 48.0 Å². The number of allylic oxidation sites excluding steroid dienone is 4. The van der Waals surface area contributed by atoms with E-state index in [1.54, 1.807) is 0 Å². The van der Waals surface area contributed by atoms with Gasteiger partial charge < -0.3 is 0 Å². The van der Waals surface area contributed by atoms with Gasteiger partial charge >= 0.3 is 28.4 Å². The molecule has 0 radical (unpaired) electrons. The van der Waals surface area contributed by atoms with E-state index in [-0.39, 0.29) is 35.6 Å². The molecule has 2 aliphatic carbocycles. The number of fused-ring (bicyclic) bond motifs is 5. The van der Waals surface area contributed by atoms with Crippen molar-refractivity contribution in [2.75, 3.05) is 0 Å². The van der Waals surface area contributed by atoms with Crippen LogP contribution in [-0.2, 0) is 41.5 Å². The molecule has 0 heterocycles. The molecule has 0 atom stereocenters. The second kappa shape index (κ2) is 21.2. The summed E-state index contributed by atoms with van der Waals surface area (Å²) < 4.78 is 3.34. The van der Waals surface area contributed by atoms with Crippen molar-refractivity contribution in [2.24, 2.45) is 0 Å². The summed E-state index contributed by atoms with van der Waals surface area (Å²) in [6, 6.07) is 44.6. The zero-order valence-electron chi connectivity index (χ0n) is 30.7. The Labute approximate surface area is 349 Å². The molecule has 6 aromatic carbocycles. The van der Waals surface area contributed by atoms with E-state index >= 15 is 0 Å². The molecule has 270 valence electrons. The number of benzene rings is 6. The first-order valence-electron chi connectivity index (χ1n) is 16.8. The summed E-state index contributed by atoms with van der Waals surface area (Å²) in [4.78, 5) is 0. The summed E-state index contributed by atoms with van der Waals surface area (Å²) in [5, 5.41) is 5.85. The third-order valence-electron chi connectivity index (χ3n) is 8.42. The van der Waals surface area contributed by atoms with Crippen molar-refractivity contribution in [3.8, 4) is 11.1 Å². The molecule has 5 heteroatoms. The Morgan fingerprint density at radius 1 is 0.635 bits per heavy atom. The van der Waals surface area contributed by atoms with Gasteiger partial charge in [-0.15, -0.1) is 131 Å². The van der Waals surface area contributed by atoms with Crippen molar-refractivity contribution in [3.05, 3.63) is 178 Å².